The molecule has 0 unspecified atom stereocenters. The molecule has 0 radical (unpaired) electrons. The number of hydrogen-bond donors (Lipinski definition) is 0. The zero-order valence-corrected chi connectivity index (χ0v) is 27.4. The molecule has 1 aliphatic heterocycles. The van der Waals surface area contributed by atoms with Gasteiger partial charge in [-0.05, 0) is 45.4 Å². The Morgan fingerprint density at radius 2 is 1.24 bits per heavy atom. The van der Waals surface area contributed by atoms with Gasteiger partial charge in [0.15, 0.2) is 0 Å². The van der Waals surface area contributed by atoms with Gasteiger partial charge >= 0.3 is 6.85 Å². The molecule has 3 heterocycles. The third kappa shape index (κ3) is 4.15. The zero-order chi connectivity index (χ0) is 34.3. The van der Waals surface area contributed by atoms with Gasteiger partial charge in [-0.3, -0.25) is 0 Å². The Balaban J connectivity index is 1.39. The average molecular weight is 651 g/mol. The summed E-state index contributed by atoms with van der Waals surface area (Å²) in [5.74, 6) is 0.563. The van der Waals surface area contributed by atoms with E-state index in [1.165, 1.54) is 0 Å². The average Bonchev–Trinajstić information content (AvgIpc) is 3.61. The quantitative estimate of drug-likeness (QED) is 0.179. The Morgan fingerprint density at radius 3 is 2.06 bits per heavy atom. The molecule has 0 saturated heterocycles. The van der Waals surface area contributed by atoms with Crippen molar-refractivity contribution in [2.45, 2.75) is 0 Å². The highest BCUT2D eigenvalue weighted by Crippen LogP contribution is 2.52. The largest absolute Gasteiger partial charge is 0.455 e. The predicted molar refractivity (Wildman–Crippen MR) is 213 cm³/mol. The Hall–Kier alpha value is -6.72. The van der Waals surface area contributed by atoms with Gasteiger partial charge in [-0.2, -0.15) is 0 Å². The van der Waals surface area contributed by atoms with E-state index in [0.717, 1.165) is 93.4 Å². The van der Waals surface area contributed by atoms with Crippen molar-refractivity contribution < 1.29 is 5.79 Å². The van der Waals surface area contributed by atoms with Crippen LogP contribution in [0.5, 0.6) is 0 Å². The van der Waals surface area contributed by atoms with Crippen molar-refractivity contribution in [1.82, 2.24) is 9.97 Å². The fourth-order valence-corrected chi connectivity index (χ4v) is 8.15. The first kappa shape index (κ1) is 27.1. The molecule has 8 aromatic carbocycles. The minimum absolute atomic E-state index is 0.427. The lowest BCUT2D eigenvalue weighted by Gasteiger charge is -2.39. The molecule has 236 valence electrons. The van der Waals surface area contributed by atoms with Crippen LogP contribution in [0, 0.1) is 0 Å². The molecule has 51 heavy (non-hydrogen) atoms. The van der Waals surface area contributed by atoms with Gasteiger partial charge in [0.25, 0.3) is 0 Å². The fourth-order valence-electron chi connectivity index (χ4n) is 8.15. The van der Waals surface area contributed by atoms with Gasteiger partial charge in [0.05, 0.1) is 23.7 Å². The summed E-state index contributed by atoms with van der Waals surface area (Å²) >= 11 is 0. The summed E-state index contributed by atoms with van der Waals surface area (Å²) in [6, 6.07) is 56.9. The number of anilines is 2. The molecule has 10 aromatic rings. The molecule has 0 bridgehead atoms. The maximum absolute atomic E-state index is 9.99. The molecule has 0 atom stereocenters. The second kappa shape index (κ2) is 10.9. The van der Waals surface area contributed by atoms with Crippen LogP contribution in [0.1, 0.15) is 1.37 Å². The van der Waals surface area contributed by atoms with E-state index in [4.69, 9.17) is 14.4 Å². The Labute approximate surface area is 295 Å². The second-order valence-electron chi connectivity index (χ2n) is 13.2. The summed E-state index contributed by atoms with van der Waals surface area (Å²) in [4.78, 5) is 13.2. The normalized spacial score (nSPS) is 12.9. The van der Waals surface area contributed by atoms with Gasteiger partial charge in [0, 0.05) is 27.3 Å². The number of benzene rings is 8. The van der Waals surface area contributed by atoms with Crippen molar-refractivity contribution in [3.8, 4) is 22.4 Å². The molecule has 2 aromatic heterocycles. The summed E-state index contributed by atoms with van der Waals surface area (Å²) in [5.41, 5.74) is 9.41. The van der Waals surface area contributed by atoms with Crippen LogP contribution in [0.3, 0.4) is 0 Å². The van der Waals surface area contributed by atoms with Crippen LogP contribution in [-0.2, 0) is 0 Å². The first-order chi connectivity index (χ1) is 25.7. The van der Waals surface area contributed by atoms with Crippen molar-refractivity contribution in [2.75, 3.05) is 4.81 Å². The summed E-state index contributed by atoms with van der Waals surface area (Å²) < 4.78 is 16.8. The monoisotopic (exact) mass is 650 g/mol. The molecular formula is C46H28BN3O. The number of rotatable bonds is 3. The Morgan fingerprint density at radius 1 is 0.588 bits per heavy atom. The molecule has 5 heteroatoms. The fraction of sp³-hybridized carbons (Fsp3) is 0. The van der Waals surface area contributed by atoms with Crippen LogP contribution >= 0.6 is 0 Å². The van der Waals surface area contributed by atoms with Gasteiger partial charge < -0.3 is 9.23 Å². The van der Waals surface area contributed by atoms with Crippen LogP contribution in [0.25, 0.3) is 76.8 Å². The van der Waals surface area contributed by atoms with E-state index >= 15 is 0 Å². The van der Waals surface area contributed by atoms with Crippen molar-refractivity contribution in [3.63, 3.8) is 0 Å². The number of aromatic nitrogens is 2. The van der Waals surface area contributed by atoms with Crippen LogP contribution < -0.4 is 15.7 Å². The van der Waals surface area contributed by atoms with E-state index < -0.39 is 6.85 Å². The summed E-state index contributed by atoms with van der Waals surface area (Å²) in [7, 11) is 0. The topological polar surface area (TPSA) is 42.2 Å². The highest BCUT2D eigenvalue weighted by molar-refractivity contribution is 6.91. The summed E-state index contributed by atoms with van der Waals surface area (Å²) in [5, 5.41) is 7.04. The maximum Gasteiger partial charge on any atom is 0.332 e. The third-order valence-electron chi connectivity index (χ3n) is 10.3. The van der Waals surface area contributed by atoms with Crippen LogP contribution in [0.4, 0.5) is 11.6 Å². The molecule has 0 amide bonds. The maximum atomic E-state index is 9.99. The summed E-state index contributed by atoms with van der Waals surface area (Å²) in [6.45, 7) is -0.427. The van der Waals surface area contributed by atoms with Crippen molar-refractivity contribution in [1.29, 1.82) is 0 Å². The smallest absolute Gasteiger partial charge is 0.332 e. The van der Waals surface area contributed by atoms with Gasteiger partial charge in [-0.15, -0.1) is 0 Å². The minimum atomic E-state index is -0.427. The van der Waals surface area contributed by atoms with Gasteiger partial charge in [0.2, 0.25) is 5.95 Å². The van der Waals surface area contributed by atoms with E-state index in [1.807, 2.05) is 42.5 Å². The first-order valence-electron chi connectivity index (χ1n) is 17.8. The van der Waals surface area contributed by atoms with E-state index in [-0.39, 0.29) is 0 Å². The lowest BCUT2D eigenvalue weighted by atomic mass is 9.45. The predicted octanol–water partition coefficient (Wildman–Crippen LogP) is 10.4. The molecule has 0 spiro atoms. The molecule has 0 N–H and O–H groups in total. The van der Waals surface area contributed by atoms with Crippen molar-refractivity contribution in [2.24, 2.45) is 0 Å². The first-order valence-corrected chi connectivity index (χ1v) is 17.3. The lowest BCUT2D eigenvalue weighted by molar-refractivity contribution is 0.672. The SMILES string of the molecule is [2H]c1c2c(cc3ccccc13)-c1c(c3c4ccccc4oc3c3ccccc13)N(c1nc(-c3ccccc3)c3ccccc3n1)B2c1ccccc1. The van der Waals surface area contributed by atoms with Crippen LogP contribution in [0.2, 0.25) is 0 Å². The number of nitrogens with zero attached hydrogens (tertiary/aromatic N) is 3. The van der Waals surface area contributed by atoms with E-state index in [0.29, 0.717) is 12.0 Å². The third-order valence-corrected chi connectivity index (χ3v) is 10.3. The molecule has 0 saturated carbocycles. The molecule has 0 fully saturated rings. The summed E-state index contributed by atoms with van der Waals surface area (Å²) in [6.07, 6.45) is 0. The number of para-hydroxylation sites is 2. The van der Waals surface area contributed by atoms with Crippen LogP contribution in [-0.4, -0.2) is 16.8 Å². The molecular weight excluding hydrogens is 621 g/mol. The standard InChI is InChI=1S/C46H28BN3O/c1-3-15-29(16-4-1)43-35-23-11-13-25-39(35)48-46(49-43)50-44-41(33-21-9-10-22-34(33)45-42(44)36-24-12-14-26-40(36)51-45)37-27-30-17-7-8-18-31(30)28-38(37)47(50)32-19-5-2-6-20-32/h1-28H/i28D. The van der Waals surface area contributed by atoms with Gasteiger partial charge in [-0.1, -0.05) is 157 Å². The Bertz CT molecular complexity index is 3050. The molecule has 11 rings (SSSR count). The number of furan rings is 1. The van der Waals surface area contributed by atoms with E-state index in [1.54, 1.807) is 0 Å². The number of fused-ring (bicyclic) bond motifs is 12. The number of hydrogen-bond acceptors (Lipinski definition) is 4. The second-order valence-corrected chi connectivity index (χ2v) is 13.2. The van der Waals surface area contributed by atoms with E-state index in [9.17, 15) is 1.37 Å². The molecule has 0 aliphatic carbocycles. The van der Waals surface area contributed by atoms with Crippen molar-refractivity contribution in [3.05, 3.63) is 170 Å². The van der Waals surface area contributed by atoms with Crippen LogP contribution in [0.15, 0.2) is 174 Å². The van der Waals surface area contributed by atoms with E-state index in [2.05, 4.69) is 126 Å². The van der Waals surface area contributed by atoms with Gasteiger partial charge in [0.1, 0.15) is 11.2 Å². The Kier molecular flexibility index (Phi) is 5.80. The highest BCUT2D eigenvalue weighted by Gasteiger charge is 2.42. The lowest BCUT2D eigenvalue weighted by Crippen LogP contribution is -2.58. The molecule has 4 nitrogen and oxygen atoms in total. The van der Waals surface area contributed by atoms with Gasteiger partial charge in [-0.25, -0.2) is 9.97 Å². The molecule has 1 aliphatic rings. The van der Waals surface area contributed by atoms with Crippen molar-refractivity contribution >= 4 is 83.8 Å². The highest BCUT2D eigenvalue weighted by atomic mass is 16.3. The minimum Gasteiger partial charge on any atom is -0.455 e. The zero-order valence-electron chi connectivity index (χ0n) is 28.4.